The fraction of sp³-hybridized carbons (Fsp3) is 0.381. The molecule has 2 aromatic rings. The Morgan fingerprint density at radius 2 is 1.52 bits per heavy atom. The van der Waals surface area contributed by atoms with Crippen LogP contribution in [-0.2, 0) is 20.7 Å². The normalized spacial score (nSPS) is 26.7. The van der Waals surface area contributed by atoms with E-state index in [0.29, 0.717) is 17.1 Å². The number of rotatable bonds is 6. The monoisotopic (exact) mass is 404 g/mol. The maximum atomic E-state index is 11.3. The van der Waals surface area contributed by atoms with E-state index in [1.165, 1.54) is 7.11 Å². The van der Waals surface area contributed by atoms with Crippen LogP contribution in [0.1, 0.15) is 17.2 Å². The second kappa shape index (κ2) is 9.34. The third-order valence-electron chi connectivity index (χ3n) is 4.84. The largest absolute Gasteiger partial charge is 0.469 e. The first-order valence-electron chi connectivity index (χ1n) is 9.17. The Morgan fingerprint density at radius 1 is 0.931 bits per heavy atom. The molecule has 156 valence electrons. The van der Waals surface area contributed by atoms with E-state index in [1.807, 2.05) is 0 Å². The van der Waals surface area contributed by atoms with Gasteiger partial charge in [-0.2, -0.15) is 0 Å². The molecule has 1 aliphatic rings. The van der Waals surface area contributed by atoms with Crippen LogP contribution in [0.5, 0.6) is 11.5 Å². The molecule has 0 spiro atoms. The van der Waals surface area contributed by atoms with E-state index in [0.717, 1.165) is 5.56 Å². The number of ether oxygens (including phenoxy) is 3. The van der Waals surface area contributed by atoms with E-state index in [4.69, 9.17) is 9.47 Å². The van der Waals surface area contributed by atoms with Gasteiger partial charge in [0.15, 0.2) is 0 Å². The topological polar surface area (TPSA) is 126 Å². The van der Waals surface area contributed by atoms with Crippen LogP contribution in [0.3, 0.4) is 0 Å². The van der Waals surface area contributed by atoms with E-state index < -0.39 is 37.1 Å². The van der Waals surface area contributed by atoms with E-state index in [1.54, 1.807) is 48.5 Å². The summed E-state index contributed by atoms with van der Waals surface area (Å²) in [6.07, 6.45) is -5.82. The van der Waals surface area contributed by atoms with Crippen molar-refractivity contribution in [3.05, 3.63) is 59.7 Å². The van der Waals surface area contributed by atoms with Crippen LogP contribution in [0.25, 0.3) is 0 Å². The van der Waals surface area contributed by atoms with E-state index >= 15 is 0 Å². The van der Waals surface area contributed by atoms with Gasteiger partial charge in [0.1, 0.15) is 42.0 Å². The first kappa shape index (κ1) is 21.2. The Hall–Kier alpha value is -2.49. The van der Waals surface area contributed by atoms with Gasteiger partial charge in [0.25, 0.3) is 0 Å². The van der Waals surface area contributed by atoms with E-state index in [-0.39, 0.29) is 12.4 Å². The van der Waals surface area contributed by atoms with Crippen LogP contribution in [0, 0.1) is 0 Å². The van der Waals surface area contributed by atoms with Gasteiger partial charge in [0, 0.05) is 0 Å². The van der Waals surface area contributed by atoms with Crippen molar-refractivity contribution in [3.8, 4) is 11.5 Å². The average Bonchev–Trinajstić information content (AvgIpc) is 2.74. The number of carbonyl (C=O) groups is 1. The number of hydrogen-bond acceptors (Lipinski definition) is 8. The molecule has 0 saturated carbocycles. The molecular weight excluding hydrogens is 380 g/mol. The van der Waals surface area contributed by atoms with Crippen molar-refractivity contribution in [3.63, 3.8) is 0 Å². The lowest BCUT2D eigenvalue weighted by Gasteiger charge is -2.40. The summed E-state index contributed by atoms with van der Waals surface area (Å²) in [5.74, 6) is 0.806. The van der Waals surface area contributed by atoms with Crippen LogP contribution in [0.2, 0.25) is 0 Å². The number of esters is 1. The van der Waals surface area contributed by atoms with E-state index in [2.05, 4.69) is 4.74 Å². The number of aliphatic hydroxyl groups excluding tert-OH is 4. The molecule has 3 rings (SSSR count). The first-order valence-corrected chi connectivity index (χ1v) is 9.17. The summed E-state index contributed by atoms with van der Waals surface area (Å²) in [6.45, 7) is -0.478. The smallest absolute Gasteiger partial charge is 0.309 e. The molecule has 29 heavy (non-hydrogen) atoms. The number of hydrogen-bond donors (Lipinski definition) is 4. The summed E-state index contributed by atoms with van der Waals surface area (Å²) in [5.41, 5.74) is 1.38. The van der Waals surface area contributed by atoms with Crippen molar-refractivity contribution >= 4 is 5.97 Å². The maximum Gasteiger partial charge on any atom is 0.309 e. The minimum Gasteiger partial charge on any atom is -0.469 e. The van der Waals surface area contributed by atoms with Gasteiger partial charge in [0.05, 0.1) is 20.1 Å². The zero-order valence-electron chi connectivity index (χ0n) is 15.8. The molecule has 0 aromatic heterocycles. The zero-order valence-corrected chi connectivity index (χ0v) is 15.8. The molecule has 5 atom stereocenters. The molecule has 0 radical (unpaired) electrons. The van der Waals surface area contributed by atoms with Crippen molar-refractivity contribution in [2.75, 3.05) is 13.7 Å². The van der Waals surface area contributed by atoms with Gasteiger partial charge in [-0.05, 0) is 35.4 Å². The molecule has 1 saturated heterocycles. The summed E-state index contributed by atoms with van der Waals surface area (Å²) < 4.78 is 15.9. The fourth-order valence-corrected chi connectivity index (χ4v) is 3.15. The van der Waals surface area contributed by atoms with Crippen LogP contribution in [-0.4, -0.2) is 64.5 Å². The summed E-state index contributed by atoms with van der Waals surface area (Å²) in [5, 5.41) is 39.3. The first-order chi connectivity index (χ1) is 13.9. The highest BCUT2D eigenvalue weighted by Crippen LogP contribution is 2.33. The second-order valence-corrected chi connectivity index (χ2v) is 6.82. The highest BCUT2D eigenvalue weighted by molar-refractivity contribution is 5.72. The maximum absolute atomic E-state index is 11.3. The molecule has 0 bridgehead atoms. The molecule has 8 nitrogen and oxygen atoms in total. The van der Waals surface area contributed by atoms with Gasteiger partial charge in [-0.3, -0.25) is 4.79 Å². The van der Waals surface area contributed by atoms with Crippen molar-refractivity contribution in [1.29, 1.82) is 0 Å². The van der Waals surface area contributed by atoms with Crippen molar-refractivity contribution < 1.29 is 39.4 Å². The zero-order chi connectivity index (χ0) is 21.0. The van der Waals surface area contributed by atoms with Crippen molar-refractivity contribution in [2.45, 2.75) is 36.9 Å². The standard InChI is InChI=1S/C21H24O8/c1-27-17(23)10-12-2-6-14(7-3-12)28-15-8-4-13(5-9-15)21-20(26)19(25)18(24)16(11-22)29-21/h2-9,16,18-22,24-26H,10-11H2,1H3/t16-,18-,19+,20-,21-/m1/s1. The molecule has 2 aromatic carbocycles. The molecule has 1 aliphatic heterocycles. The number of aliphatic hydroxyl groups is 4. The van der Waals surface area contributed by atoms with Crippen molar-refractivity contribution in [1.82, 2.24) is 0 Å². The third-order valence-corrected chi connectivity index (χ3v) is 4.84. The Morgan fingerprint density at radius 3 is 2.07 bits per heavy atom. The van der Waals surface area contributed by atoms with Gasteiger partial charge in [-0.15, -0.1) is 0 Å². The molecule has 0 unspecified atom stereocenters. The lowest BCUT2D eigenvalue weighted by atomic mass is 9.91. The second-order valence-electron chi connectivity index (χ2n) is 6.82. The third kappa shape index (κ3) is 4.92. The van der Waals surface area contributed by atoms with Gasteiger partial charge < -0.3 is 34.6 Å². The lowest BCUT2D eigenvalue weighted by molar-refractivity contribution is -0.231. The number of methoxy groups -OCH3 is 1. The lowest BCUT2D eigenvalue weighted by Crippen LogP contribution is -2.55. The van der Waals surface area contributed by atoms with Crippen molar-refractivity contribution in [2.24, 2.45) is 0 Å². The summed E-state index contributed by atoms with van der Waals surface area (Å²) >= 11 is 0. The van der Waals surface area contributed by atoms with Gasteiger partial charge in [-0.1, -0.05) is 24.3 Å². The molecule has 0 aliphatic carbocycles. The average molecular weight is 404 g/mol. The minimum absolute atomic E-state index is 0.185. The Kier molecular flexibility index (Phi) is 6.83. The molecular formula is C21H24O8. The number of carbonyl (C=O) groups excluding carboxylic acids is 1. The Labute approximate surface area is 167 Å². The molecule has 1 fully saturated rings. The summed E-state index contributed by atoms with van der Waals surface area (Å²) in [4.78, 5) is 11.3. The Bertz CT molecular complexity index is 802. The van der Waals surface area contributed by atoms with Gasteiger partial charge >= 0.3 is 5.97 Å². The quantitative estimate of drug-likeness (QED) is 0.519. The fourth-order valence-electron chi connectivity index (χ4n) is 3.15. The summed E-state index contributed by atoms with van der Waals surface area (Å²) in [7, 11) is 1.34. The molecule has 1 heterocycles. The Balaban J connectivity index is 1.66. The molecule has 8 heteroatoms. The van der Waals surface area contributed by atoms with Crippen LogP contribution >= 0.6 is 0 Å². The predicted molar refractivity (Wildman–Crippen MR) is 101 cm³/mol. The highest BCUT2D eigenvalue weighted by atomic mass is 16.5. The minimum atomic E-state index is -1.43. The van der Waals surface area contributed by atoms with Crippen LogP contribution in [0.15, 0.2) is 48.5 Å². The summed E-state index contributed by atoms with van der Waals surface area (Å²) in [6, 6.07) is 13.7. The predicted octanol–water partition coefficient (Wildman–Crippen LogP) is 0.709. The van der Waals surface area contributed by atoms with Crippen LogP contribution in [0.4, 0.5) is 0 Å². The van der Waals surface area contributed by atoms with Crippen LogP contribution < -0.4 is 4.74 Å². The number of benzene rings is 2. The SMILES string of the molecule is COC(=O)Cc1ccc(Oc2ccc([C@H]3O[C@H](CO)[C@@H](O)[C@H](O)[C@H]3O)cc2)cc1. The molecule has 4 N–H and O–H groups in total. The van der Waals surface area contributed by atoms with E-state index in [9.17, 15) is 25.2 Å². The molecule has 0 amide bonds. The highest BCUT2D eigenvalue weighted by Gasteiger charge is 2.43. The van der Waals surface area contributed by atoms with Gasteiger partial charge in [-0.25, -0.2) is 0 Å². The van der Waals surface area contributed by atoms with Gasteiger partial charge in [0.2, 0.25) is 0 Å².